The van der Waals surface area contributed by atoms with Gasteiger partial charge in [-0.25, -0.2) is 0 Å². The van der Waals surface area contributed by atoms with Crippen LogP contribution < -0.4 is 20.7 Å². The van der Waals surface area contributed by atoms with E-state index in [0.717, 1.165) is 27.7 Å². The van der Waals surface area contributed by atoms with Crippen molar-refractivity contribution >= 4 is 122 Å². The molecule has 0 spiro atoms. The van der Waals surface area contributed by atoms with Crippen molar-refractivity contribution in [3.8, 4) is 0 Å². The van der Waals surface area contributed by atoms with E-state index in [1.165, 1.54) is 37.4 Å². The molecular weight excluding hydrogens is 991 g/mol. The van der Waals surface area contributed by atoms with Crippen molar-refractivity contribution in [2.24, 2.45) is 0 Å². The second-order valence-electron chi connectivity index (χ2n) is 12.6. The molecule has 0 aliphatic heterocycles. The van der Waals surface area contributed by atoms with Gasteiger partial charge in [-0.05, 0) is 144 Å². The summed E-state index contributed by atoms with van der Waals surface area (Å²) in [7, 11) is 8.49. The van der Waals surface area contributed by atoms with Crippen LogP contribution in [-0.2, 0) is 0 Å². The molecule has 0 fully saturated rings. The van der Waals surface area contributed by atoms with Gasteiger partial charge < -0.3 is 0 Å². The third kappa shape index (κ3) is 10.9. The number of aryl methyl sites for hydroxylation is 3. The van der Waals surface area contributed by atoms with E-state index >= 15 is 0 Å². The summed E-state index contributed by atoms with van der Waals surface area (Å²) in [5.74, 6) is 0. The van der Waals surface area contributed by atoms with Crippen molar-refractivity contribution < 1.29 is 0 Å². The van der Waals surface area contributed by atoms with Gasteiger partial charge in [0, 0.05) is 27.7 Å². The van der Waals surface area contributed by atoms with Gasteiger partial charge in [0.05, 0.1) is 0 Å². The van der Waals surface area contributed by atoms with E-state index in [-0.39, 0.29) is 0 Å². The van der Waals surface area contributed by atoms with E-state index < -0.39 is 16.5 Å². The number of hydrogen-bond donors (Lipinski definition) is 0. The molecule has 0 amide bonds. The molecule has 0 aliphatic carbocycles. The summed E-state index contributed by atoms with van der Waals surface area (Å²) in [6.07, 6.45) is 0. The largest absolute Gasteiger partial charge is 0.179 e. The lowest BCUT2D eigenvalue weighted by Crippen LogP contribution is -2.74. The van der Waals surface area contributed by atoms with Gasteiger partial charge in [0.15, 0.2) is 8.07 Å². The molecule has 0 bridgehead atoms. The third-order valence-corrected chi connectivity index (χ3v) is 18.9. The second-order valence-corrected chi connectivity index (χ2v) is 25.2. The van der Waals surface area contributed by atoms with Crippen LogP contribution in [0.4, 0.5) is 0 Å². The van der Waals surface area contributed by atoms with E-state index in [1.54, 1.807) is 0 Å². The minimum absolute atomic E-state index is 0.972. The summed E-state index contributed by atoms with van der Waals surface area (Å²) in [4.78, 5) is 1.94. The first kappa shape index (κ1) is 41.8. The van der Waals surface area contributed by atoms with Crippen molar-refractivity contribution in [1.82, 2.24) is 0 Å². The Morgan fingerprint density at radius 3 is 0.943 bits per heavy atom. The van der Waals surface area contributed by atoms with Crippen LogP contribution in [0.5, 0.6) is 0 Å². The predicted molar refractivity (Wildman–Crippen MR) is 250 cm³/mol. The van der Waals surface area contributed by atoms with Crippen molar-refractivity contribution in [2.75, 3.05) is 0 Å². The highest BCUT2D eigenvalue weighted by atomic mass is 79.9. The maximum atomic E-state index is 6.44. The standard InChI is InChI=1S/C26H22Br2Si.C12H10Cl2S.C7H6Br2/c1-19-13-21(27)17-25(15-19)29(23-9-5-3-6-10-23,24-11-7-4-8-12-24)26-16-20(2)14-22(28)18-26;13-15(14,11-7-3-1-4-8-11)12-9-5-2-6-10-12;1-5-2-6(8)4-7(9)3-5/h3-18H,1-2H3;1-10H;2-4H,1H3. The number of halogens is 6. The predicted octanol–water partition coefficient (Wildman–Crippen LogP) is 13.9. The van der Waals surface area contributed by atoms with Gasteiger partial charge in [0.25, 0.3) is 0 Å². The van der Waals surface area contributed by atoms with Crippen molar-refractivity contribution in [1.29, 1.82) is 0 Å². The molecule has 7 aromatic rings. The lowest BCUT2D eigenvalue weighted by molar-refractivity contribution is 1.40. The average molecular weight is 1030 g/mol. The van der Waals surface area contributed by atoms with Crippen LogP contribution in [0.3, 0.4) is 0 Å². The highest BCUT2D eigenvalue weighted by Gasteiger charge is 2.42. The Bertz CT molecular complexity index is 2010. The summed E-state index contributed by atoms with van der Waals surface area (Å²) in [6.45, 7) is 6.42. The zero-order chi connectivity index (χ0) is 38.0. The Hall–Kier alpha value is -2.39. The van der Waals surface area contributed by atoms with Crippen LogP contribution in [0.2, 0.25) is 0 Å². The zero-order valence-electron chi connectivity index (χ0n) is 29.4. The molecule has 0 atom stereocenters. The molecular formula is C45H38Br4Cl2SSi. The van der Waals surface area contributed by atoms with E-state index in [9.17, 15) is 0 Å². The molecule has 0 aromatic heterocycles. The van der Waals surface area contributed by atoms with E-state index in [1.807, 2.05) is 66.7 Å². The summed E-state index contributed by atoms with van der Waals surface area (Å²) in [5, 5.41) is 5.56. The Labute approximate surface area is 359 Å². The molecule has 0 nitrogen and oxygen atoms in total. The molecule has 0 unspecified atom stereocenters. The molecule has 8 heteroatoms. The van der Waals surface area contributed by atoms with Crippen LogP contribution in [0.25, 0.3) is 0 Å². The normalized spacial score (nSPS) is 11.4. The van der Waals surface area contributed by atoms with E-state index in [4.69, 9.17) is 21.4 Å². The minimum Gasteiger partial charge on any atom is -0.0623 e. The fraction of sp³-hybridized carbons (Fsp3) is 0.0667. The second kappa shape index (κ2) is 19.5. The maximum absolute atomic E-state index is 6.44. The van der Waals surface area contributed by atoms with Crippen molar-refractivity contribution in [3.05, 3.63) is 211 Å². The molecule has 270 valence electrons. The smallest absolute Gasteiger partial charge is 0.0623 e. The zero-order valence-corrected chi connectivity index (χ0v) is 39.1. The molecule has 53 heavy (non-hydrogen) atoms. The van der Waals surface area contributed by atoms with Crippen molar-refractivity contribution in [2.45, 2.75) is 30.6 Å². The fourth-order valence-electron chi connectivity index (χ4n) is 6.29. The van der Waals surface area contributed by atoms with Gasteiger partial charge in [-0.2, -0.15) is 0 Å². The van der Waals surface area contributed by atoms with Gasteiger partial charge >= 0.3 is 0 Å². The summed E-state index contributed by atoms with van der Waals surface area (Å²) >= 11 is 14.3. The monoisotopic (exact) mass is 1020 g/mol. The Balaban J connectivity index is 0.000000186. The number of rotatable bonds is 6. The minimum atomic E-state index is -2.49. The fourth-order valence-corrected chi connectivity index (χ4v) is 17.0. The molecule has 0 saturated carbocycles. The van der Waals surface area contributed by atoms with Crippen LogP contribution in [0, 0.1) is 20.8 Å². The van der Waals surface area contributed by atoms with Gasteiger partial charge in [-0.3, -0.25) is 0 Å². The van der Waals surface area contributed by atoms with Crippen LogP contribution in [-0.4, -0.2) is 8.07 Å². The third-order valence-electron chi connectivity index (χ3n) is 8.45. The number of benzene rings is 7. The topological polar surface area (TPSA) is 0 Å². The van der Waals surface area contributed by atoms with Crippen LogP contribution in [0.1, 0.15) is 16.7 Å². The number of hydrogen-bond acceptors (Lipinski definition) is 0. The molecule has 7 rings (SSSR count). The Morgan fingerprint density at radius 1 is 0.358 bits per heavy atom. The first-order chi connectivity index (χ1) is 25.4. The van der Waals surface area contributed by atoms with Crippen LogP contribution in [0.15, 0.2) is 204 Å². The quantitative estimate of drug-likeness (QED) is 0.115. The molecule has 7 aromatic carbocycles. The average Bonchev–Trinajstić information content (AvgIpc) is 3.13. The summed E-state index contributed by atoms with van der Waals surface area (Å²) in [5.41, 5.74) is 3.80. The van der Waals surface area contributed by atoms with E-state index in [2.05, 4.69) is 194 Å². The lowest BCUT2D eigenvalue weighted by atomic mass is 10.2. The molecule has 0 heterocycles. The highest BCUT2D eigenvalue weighted by molar-refractivity contribution is 9.11. The Kier molecular flexibility index (Phi) is 15.3. The SMILES string of the molecule is Cc1cc(Br)cc(Br)c1.Cc1cc(Br)cc([Si](c2ccccc2)(c2ccccc2)c2cc(C)cc(Br)c2)c1.ClS(Cl)(c1ccccc1)c1ccccc1. The first-order valence-corrected chi connectivity index (χ1v) is 25.3. The van der Waals surface area contributed by atoms with Crippen LogP contribution >= 0.6 is 93.5 Å². The first-order valence-electron chi connectivity index (χ1n) is 16.8. The summed E-state index contributed by atoms with van der Waals surface area (Å²) < 4.78 is 4.50. The van der Waals surface area contributed by atoms with Gasteiger partial charge in [-0.1, -0.05) is 184 Å². The van der Waals surface area contributed by atoms with Gasteiger partial charge in [-0.15, -0.1) is 0 Å². The maximum Gasteiger partial charge on any atom is 0.179 e. The molecule has 0 saturated heterocycles. The van der Waals surface area contributed by atoms with Gasteiger partial charge in [0.2, 0.25) is 0 Å². The highest BCUT2D eigenvalue weighted by Crippen LogP contribution is 2.70. The lowest BCUT2D eigenvalue weighted by Gasteiger charge is -2.35. The molecule has 0 aliphatic rings. The van der Waals surface area contributed by atoms with Crippen molar-refractivity contribution in [3.63, 3.8) is 0 Å². The molecule has 0 N–H and O–H groups in total. The van der Waals surface area contributed by atoms with E-state index in [0.29, 0.717) is 0 Å². The Morgan fingerprint density at radius 2 is 0.642 bits per heavy atom. The molecule has 0 radical (unpaired) electrons. The summed E-state index contributed by atoms with van der Waals surface area (Å²) in [6, 6.07) is 61.5. The van der Waals surface area contributed by atoms with Gasteiger partial charge in [0.1, 0.15) is 0 Å².